The molecule has 11 heteroatoms. The van der Waals surface area contributed by atoms with Gasteiger partial charge in [0.2, 0.25) is 0 Å². The molecule has 120 valence electrons. The van der Waals surface area contributed by atoms with E-state index in [0.29, 0.717) is 0 Å². The van der Waals surface area contributed by atoms with E-state index in [4.69, 9.17) is 9.11 Å². The molecule has 0 aliphatic heterocycles. The molecular weight excluding hydrogens is 348 g/mol. The minimum Gasteiger partial charge on any atom is -0.506 e. The molecule has 0 bridgehead atoms. The average Bonchev–Trinajstić information content (AvgIpc) is 2.41. The van der Waals surface area contributed by atoms with Crippen LogP contribution in [0.3, 0.4) is 0 Å². The van der Waals surface area contributed by atoms with Gasteiger partial charge in [-0.25, -0.2) is 9.97 Å². The van der Waals surface area contributed by atoms with Crippen molar-refractivity contribution in [3.63, 3.8) is 0 Å². The summed E-state index contributed by atoms with van der Waals surface area (Å²) in [4.78, 5) is 7.06. The Hall–Kier alpha value is -2.34. The Morgan fingerprint density at radius 3 is 1.91 bits per heavy atom. The minimum atomic E-state index is -4.63. The van der Waals surface area contributed by atoms with E-state index in [2.05, 4.69) is 9.97 Å². The summed E-state index contributed by atoms with van der Waals surface area (Å²) < 4.78 is 62.6. The molecule has 3 aromatic rings. The van der Waals surface area contributed by atoms with Crippen LogP contribution in [0.25, 0.3) is 22.1 Å². The number of hydrogen-bond acceptors (Lipinski definition) is 7. The van der Waals surface area contributed by atoms with E-state index >= 15 is 0 Å². The van der Waals surface area contributed by atoms with Gasteiger partial charge in [-0.1, -0.05) is 0 Å². The Balaban J connectivity index is 2.35. The van der Waals surface area contributed by atoms with Crippen molar-refractivity contribution < 1.29 is 31.0 Å². The van der Waals surface area contributed by atoms with Crippen molar-refractivity contribution in [1.82, 2.24) is 9.97 Å². The SMILES string of the molecule is O=S(=O)(O)c1ccc2nc3cc(S(=O)(=O)O)c(O)cc3nc2c1. The van der Waals surface area contributed by atoms with Gasteiger partial charge in [-0.3, -0.25) is 9.11 Å². The Morgan fingerprint density at radius 1 is 0.739 bits per heavy atom. The molecule has 3 rings (SSSR count). The van der Waals surface area contributed by atoms with Gasteiger partial charge in [0.1, 0.15) is 10.6 Å². The number of aromatic nitrogens is 2. The number of rotatable bonds is 2. The lowest BCUT2D eigenvalue weighted by molar-refractivity contribution is 0.444. The van der Waals surface area contributed by atoms with Gasteiger partial charge >= 0.3 is 0 Å². The summed E-state index contributed by atoms with van der Waals surface area (Å²) in [6.07, 6.45) is 0. The highest BCUT2D eigenvalue weighted by Crippen LogP contribution is 2.28. The third-order valence-electron chi connectivity index (χ3n) is 3.06. The number of nitrogens with zero attached hydrogens (tertiary/aromatic N) is 2. The summed E-state index contributed by atoms with van der Waals surface area (Å²) >= 11 is 0. The third kappa shape index (κ3) is 2.82. The zero-order valence-electron chi connectivity index (χ0n) is 11.1. The number of benzene rings is 2. The Morgan fingerprint density at radius 2 is 1.30 bits per heavy atom. The first-order chi connectivity index (χ1) is 10.6. The van der Waals surface area contributed by atoms with E-state index in [1.807, 2.05) is 0 Å². The molecule has 0 aliphatic rings. The van der Waals surface area contributed by atoms with Crippen molar-refractivity contribution in [2.24, 2.45) is 0 Å². The van der Waals surface area contributed by atoms with E-state index in [1.165, 1.54) is 6.07 Å². The lowest BCUT2D eigenvalue weighted by atomic mass is 10.2. The first kappa shape index (κ1) is 15.6. The Bertz CT molecular complexity index is 1170. The fraction of sp³-hybridized carbons (Fsp3) is 0. The second-order valence-electron chi connectivity index (χ2n) is 4.63. The van der Waals surface area contributed by atoms with E-state index in [1.54, 1.807) is 0 Å². The fourth-order valence-corrected chi connectivity index (χ4v) is 3.12. The van der Waals surface area contributed by atoms with Crippen molar-refractivity contribution in [2.75, 3.05) is 0 Å². The average molecular weight is 356 g/mol. The van der Waals surface area contributed by atoms with Crippen LogP contribution in [-0.2, 0) is 20.2 Å². The number of hydrogen-bond donors (Lipinski definition) is 3. The van der Waals surface area contributed by atoms with Crippen molar-refractivity contribution in [3.8, 4) is 5.75 Å². The maximum Gasteiger partial charge on any atom is 0.298 e. The minimum absolute atomic E-state index is 0.0718. The topological polar surface area (TPSA) is 155 Å². The highest BCUT2D eigenvalue weighted by Gasteiger charge is 2.18. The molecule has 0 saturated heterocycles. The van der Waals surface area contributed by atoms with Crippen LogP contribution >= 0.6 is 0 Å². The predicted molar refractivity (Wildman–Crippen MR) is 78.3 cm³/mol. The van der Waals surface area contributed by atoms with Gasteiger partial charge in [-0.05, 0) is 24.3 Å². The Kier molecular flexibility index (Phi) is 3.26. The molecule has 0 spiro atoms. The van der Waals surface area contributed by atoms with Crippen LogP contribution in [0.2, 0.25) is 0 Å². The first-order valence-corrected chi connectivity index (χ1v) is 8.83. The maximum absolute atomic E-state index is 11.2. The largest absolute Gasteiger partial charge is 0.506 e. The van der Waals surface area contributed by atoms with Crippen LogP contribution in [0.15, 0.2) is 40.1 Å². The zero-order valence-corrected chi connectivity index (χ0v) is 12.7. The van der Waals surface area contributed by atoms with Gasteiger partial charge in [0.15, 0.2) is 0 Å². The van der Waals surface area contributed by atoms with Gasteiger partial charge in [-0.2, -0.15) is 16.8 Å². The number of aromatic hydroxyl groups is 1. The monoisotopic (exact) mass is 356 g/mol. The normalized spacial score (nSPS) is 12.8. The molecule has 0 fully saturated rings. The standard InChI is InChI=1S/C12H8N2O7S2/c15-11-4-9-10(5-12(11)23(19,20)21)13-7-2-1-6(22(16,17)18)3-8(7)14-9/h1-5,15H,(H,16,17,18)(H,19,20,21). The second kappa shape index (κ2) is 4.83. The second-order valence-corrected chi connectivity index (χ2v) is 7.44. The first-order valence-electron chi connectivity index (χ1n) is 5.95. The number of phenolic OH excluding ortho intramolecular Hbond substituents is 1. The molecule has 0 atom stereocenters. The van der Waals surface area contributed by atoms with Crippen LogP contribution in [0.4, 0.5) is 0 Å². The number of fused-ring (bicyclic) bond motifs is 2. The highest BCUT2D eigenvalue weighted by atomic mass is 32.2. The Labute approximate surface area is 129 Å². The molecule has 23 heavy (non-hydrogen) atoms. The lowest BCUT2D eigenvalue weighted by Gasteiger charge is -2.06. The molecule has 3 N–H and O–H groups in total. The zero-order chi connectivity index (χ0) is 17.0. The molecule has 1 aromatic heterocycles. The molecule has 0 unspecified atom stereocenters. The molecule has 0 amide bonds. The summed E-state index contributed by atoms with van der Waals surface area (Å²) in [5.74, 6) is -0.723. The van der Waals surface area contributed by atoms with E-state index in [-0.39, 0.29) is 27.0 Å². The van der Waals surface area contributed by atoms with Gasteiger partial charge in [0, 0.05) is 6.07 Å². The van der Waals surface area contributed by atoms with Gasteiger partial charge in [0.05, 0.1) is 27.0 Å². The van der Waals surface area contributed by atoms with Gasteiger partial charge in [-0.15, -0.1) is 0 Å². The number of phenols is 1. The van der Waals surface area contributed by atoms with E-state index < -0.39 is 30.9 Å². The van der Waals surface area contributed by atoms with Crippen molar-refractivity contribution in [1.29, 1.82) is 0 Å². The van der Waals surface area contributed by atoms with Crippen LogP contribution < -0.4 is 0 Å². The van der Waals surface area contributed by atoms with Crippen LogP contribution in [-0.4, -0.2) is 41.0 Å². The quantitative estimate of drug-likeness (QED) is 0.450. The van der Waals surface area contributed by atoms with E-state index in [0.717, 1.165) is 24.3 Å². The van der Waals surface area contributed by atoms with Crippen LogP contribution in [0.1, 0.15) is 0 Å². The van der Waals surface area contributed by atoms with E-state index in [9.17, 15) is 21.9 Å². The summed E-state index contributed by atoms with van der Waals surface area (Å²) in [6, 6.07) is 5.41. The van der Waals surface area contributed by atoms with Crippen molar-refractivity contribution >= 4 is 42.3 Å². The van der Waals surface area contributed by atoms with Crippen LogP contribution in [0.5, 0.6) is 5.75 Å². The molecule has 0 radical (unpaired) electrons. The molecule has 1 heterocycles. The third-order valence-corrected chi connectivity index (χ3v) is 4.79. The molecule has 2 aromatic carbocycles. The summed E-state index contributed by atoms with van der Waals surface area (Å²) in [5, 5.41) is 9.66. The van der Waals surface area contributed by atoms with Crippen molar-refractivity contribution in [3.05, 3.63) is 30.3 Å². The molecule has 9 nitrogen and oxygen atoms in total. The van der Waals surface area contributed by atoms with Crippen molar-refractivity contribution in [2.45, 2.75) is 9.79 Å². The predicted octanol–water partition coefficient (Wildman–Crippen LogP) is 0.982. The maximum atomic E-state index is 11.2. The summed E-state index contributed by atoms with van der Waals surface area (Å²) in [7, 11) is -9.05. The highest BCUT2D eigenvalue weighted by molar-refractivity contribution is 7.86. The lowest BCUT2D eigenvalue weighted by Crippen LogP contribution is -2.00. The smallest absolute Gasteiger partial charge is 0.298 e. The van der Waals surface area contributed by atoms with Gasteiger partial charge in [0.25, 0.3) is 20.2 Å². The molecule has 0 saturated carbocycles. The molecule has 0 aliphatic carbocycles. The van der Waals surface area contributed by atoms with Gasteiger partial charge < -0.3 is 5.11 Å². The van der Waals surface area contributed by atoms with Crippen LogP contribution in [0, 0.1) is 0 Å². The summed E-state index contributed by atoms with van der Waals surface area (Å²) in [6.45, 7) is 0. The fourth-order valence-electron chi connectivity index (χ4n) is 2.04. The summed E-state index contributed by atoms with van der Waals surface area (Å²) in [5.41, 5.74) is 0.501. The molecular formula is C12H8N2O7S2.